The van der Waals surface area contributed by atoms with Crippen LogP contribution in [0.25, 0.3) is 0 Å². The van der Waals surface area contributed by atoms with Crippen molar-refractivity contribution in [2.75, 3.05) is 20.2 Å². The fourth-order valence-corrected chi connectivity index (χ4v) is 4.49. The normalized spacial score (nSPS) is 21.8. The van der Waals surface area contributed by atoms with Crippen LogP contribution in [0.3, 0.4) is 0 Å². The minimum absolute atomic E-state index is 0.0861. The van der Waals surface area contributed by atoms with E-state index in [2.05, 4.69) is 6.07 Å². The molecule has 114 valence electrons. The Bertz CT molecular complexity index is 528. The number of fused-ring (bicyclic) bond motifs is 1. The number of rotatable bonds is 2. The Hall–Kier alpha value is -1.36. The quantitative estimate of drug-likeness (QED) is 0.789. The van der Waals surface area contributed by atoms with Gasteiger partial charge in [0.1, 0.15) is 0 Å². The second kappa shape index (κ2) is 6.18. The molecule has 1 fully saturated rings. The number of hydrogen-bond donors (Lipinski definition) is 0. The van der Waals surface area contributed by atoms with Crippen molar-refractivity contribution in [3.05, 3.63) is 21.4 Å². The average molecular weight is 307 g/mol. The molecule has 0 radical (unpaired) electrons. The number of nitrogens with zero attached hydrogens (tertiary/aromatic N) is 1. The van der Waals surface area contributed by atoms with Crippen LogP contribution in [-0.2, 0) is 22.4 Å². The van der Waals surface area contributed by atoms with Crippen molar-refractivity contribution in [3.63, 3.8) is 0 Å². The van der Waals surface area contributed by atoms with Crippen LogP contribution in [0.4, 0.5) is 0 Å². The molecular weight excluding hydrogens is 286 g/mol. The maximum Gasteiger partial charge on any atom is 0.310 e. The highest BCUT2D eigenvalue weighted by atomic mass is 32.1. The summed E-state index contributed by atoms with van der Waals surface area (Å²) < 4.78 is 4.82. The molecule has 4 nitrogen and oxygen atoms in total. The van der Waals surface area contributed by atoms with E-state index in [-0.39, 0.29) is 17.8 Å². The monoisotopic (exact) mass is 307 g/mol. The fraction of sp³-hybridized carbons (Fsp3) is 0.625. The SMILES string of the molecule is COC(=O)[C@H]1CCCN(C(=O)c2cc3c(s2)CCCC3)C1. The lowest BCUT2D eigenvalue weighted by Gasteiger charge is -2.31. The van der Waals surface area contributed by atoms with E-state index in [0.717, 1.165) is 37.1 Å². The van der Waals surface area contributed by atoms with Gasteiger partial charge >= 0.3 is 5.97 Å². The lowest BCUT2D eigenvalue weighted by molar-refractivity contribution is -0.146. The van der Waals surface area contributed by atoms with Gasteiger partial charge in [0.2, 0.25) is 0 Å². The second-order valence-electron chi connectivity index (χ2n) is 5.88. The van der Waals surface area contributed by atoms with E-state index in [4.69, 9.17) is 4.74 Å². The highest BCUT2D eigenvalue weighted by Crippen LogP contribution is 2.31. The van der Waals surface area contributed by atoms with Crippen LogP contribution in [0.2, 0.25) is 0 Å². The topological polar surface area (TPSA) is 46.6 Å². The third-order valence-corrected chi connectivity index (χ3v) is 5.68. The van der Waals surface area contributed by atoms with Crippen molar-refractivity contribution < 1.29 is 14.3 Å². The van der Waals surface area contributed by atoms with Gasteiger partial charge in [0, 0.05) is 18.0 Å². The van der Waals surface area contributed by atoms with Gasteiger partial charge in [0.25, 0.3) is 5.91 Å². The predicted molar refractivity (Wildman–Crippen MR) is 81.6 cm³/mol. The van der Waals surface area contributed by atoms with E-state index in [1.165, 1.54) is 30.4 Å². The number of piperidine rings is 1. The van der Waals surface area contributed by atoms with Gasteiger partial charge in [-0.05, 0) is 50.2 Å². The van der Waals surface area contributed by atoms with Crippen molar-refractivity contribution >= 4 is 23.2 Å². The Morgan fingerprint density at radius 2 is 2.10 bits per heavy atom. The zero-order valence-electron chi connectivity index (χ0n) is 12.4. The first kappa shape index (κ1) is 14.6. The highest BCUT2D eigenvalue weighted by molar-refractivity contribution is 7.14. The van der Waals surface area contributed by atoms with Crippen LogP contribution < -0.4 is 0 Å². The Kier molecular flexibility index (Phi) is 4.29. The number of esters is 1. The van der Waals surface area contributed by atoms with Crippen LogP contribution >= 0.6 is 11.3 Å². The summed E-state index contributed by atoms with van der Waals surface area (Å²) in [5.41, 5.74) is 1.36. The Morgan fingerprint density at radius 1 is 1.29 bits per heavy atom. The fourth-order valence-electron chi connectivity index (χ4n) is 3.27. The van der Waals surface area contributed by atoms with Gasteiger partial charge in [0.05, 0.1) is 17.9 Å². The summed E-state index contributed by atoms with van der Waals surface area (Å²) in [6, 6.07) is 2.07. The lowest BCUT2D eigenvalue weighted by Crippen LogP contribution is -2.42. The molecule has 1 aromatic rings. The number of amides is 1. The van der Waals surface area contributed by atoms with Crippen molar-refractivity contribution in [1.82, 2.24) is 4.90 Å². The molecule has 1 amide bonds. The third kappa shape index (κ3) is 2.98. The van der Waals surface area contributed by atoms with E-state index in [9.17, 15) is 9.59 Å². The molecule has 0 aromatic carbocycles. The molecule has 0 spiro atoms. The number of carbonyl (C=O) groups is 2. The first-order valence-electron chi connectivity index (χ1n) is 7.67. The summed E-state index contributed by atoms with van der Waals surface area (Å²) in [6.07, 6.45) is 6.36. The first-order valence-corrected chi connectivity index (χ1v) is 8.49. The van der Waals surface area contributed by atoms with Gasteiger partial charge in [-0.1, -0.05) is 0 Å². The summed E-state index contributed by atoms with van der Waals surface area (Å²) in [4.78, 5) is 28.4. The van der Waals surface area contributed by atoms with E-state index < -0.39 is 0 Å². The molecule has 21 heavy (non-hydrogen) atoms. The van der Waals surface area contributed by atoms with Crippen LogP contribution in [0.5, 0.6) is 0 Å². The summed E-state index contributed by atoms with van der Waals surface area (Å²) in [5, 5.41) is 0. The number of likely N-dealkylation sites (tertiary alicyclic amines) is 1. The van der Waals surface area contributed by atoms with Gasteiger partial charge in [-0.15, -0.1) is 11.3 Å². The van der Waals surface area contributed by atoms with Gasteiger partial charge in [-0.3, -0.25) is 9.59 Å². The van der Waals surface area contributed by atoms with Gasteiger partial charge < -0.3 is 9.64 Å². The number of ether oxygens (including phenoxy) is 1. The number of hydrogen-bond acceptors (Lipinski definition) is 4. The van der Waals surface area contributed by atoms with E-state index in [0.29, 0.717) is 6.54 Å². The first-order chi connectivity index (χ1) is 10.2. The number of carbonyl (C=O) groups excluding carboxylic acids is 2. The van der Waals surface area contributed by atoms with Crippen LogP contribution in [-0.4, -0.2) is 37.0 Å². The number of methoxy groups -OCH3 is 1. The zero-order valence-corrected chi connectivity index (χ0v) is 13.2. The van der Waals surface area contributed by atoms with Gasteiger partial charge in [-0.2, -0.15) is 0 Å². The highest BCUT2D eigenvalue weighted by Gasteiger charge is 2.30. The molecule has 5 heteroatoms. The van der Waals surface area contributed by atoms with Crippen molar-refractivity contribution in [2.45, 2.75) is 38.5 Å². The van der Waals surface area contributed by atoms with Gasteiger partial charge in [0.15, 0.2) is 0 Å². The molecule has 0 saturated carbocycles. The molecule has 1 aliphatic carbocycles. The minimum Gasteiger partial charge on any atom is -0.469 e. The molecular formula is C16H21NO3S. The van der Waals surface area contributed by atoms with Crippen molar-refractivity contribution in [1.29, 1.82) is 0 Å². The average Bonchev–Trinajstić information content (AvgIpc) is 2.97. The number of thiophene rings is 1. The van der Waals surface area contributed by atoms with Gasteiger partial charge in [-0.25, -0.2) is 0 Å². The lowest BCUT2D eigenvalue weighted by atomic mass is 9.97. The second-order valence-corrected chi connectivity index (χ2v) is 7.02. The molecule has 3 rings (SSSR count). The standard InChI is InChI=1S/C16H21NO3S/c1-20-16(19)12-6-4-8-17(10-12)15(18)14-9-11-5-2-3-7-13(11)21-14/h9,12H,2-8,10H2,1H3/t12-/m0/s1. The minimum atomic E-state index is -0.196. The Morgan fingerprint density at radius 3 is 2.86 bits per heavy atom. The molecule has 2 aliphatic rings. The zero-order chi connectivity index (χ0) is 14.8. The maximum atomic E-state index is 12.7. The van der Waals surface area contributed by atoms with Crippen molar-refractivity contribution in [3.8, 4) is 0 Å². The predicted octanol–water partition coefficient (Wildman–Crippen LogP) is 2.65. The molecule has 0 N–H and O–H groups in total. The largest absolute Gasteiger partial charge is 0.469 e. The molecule has 1 aromatic heterocycles. The summed E-state index contributed by atoms with van der Waals surface area (Å²) in [6.45, 7) is 1.24. The number of aryl methyl sites for hydroxylation is 2. The van der Waals surface area contributed by atoms with Crippen molar-refractivity contribution in [2.24, 2.45) is 5.92 Å². The summed E-state index contributed by atoms with van der Waals surface area (Å²) in [7, 11) is 1.41. The Labute approximate surface area is 129 Å². The van der Waals surface area contributed by atoms with Crippen LogP contribution in [0, 0.1) is 5.92 Å². The molecule has 2 heterocycles. The van der Waals surface area contributed by atoms with E-state index in [1.807, 2.05) is 4.90 Å². The van der Waals surface area contributed by atoms with E-state index >= 15 is 0 Å². The summed E-state index contributed by atoms with van der Waals surface area (Å²) in [5.74, 6) is -0.275. The molecule has 1 atom stereocenters. The summed E-state index contributed by atoms with van der Waals surface area (Å²) >= 11 is 1.65. The molecule has 0 bridgehead atoms. The Balaban J connectivity index is 1.72. The smallest absolute Gasteiger partial charge is 0.310 e. The third-order valence-electron chi connectivity index (χ3n) is 4.45. The maximum absolute atomic E-state index is 12.7. The molecule has 1 aliphatic heterocycles. The van der Waals surface area contributed by atoms with Crippen LogP contribution in [0.15, 0.2) is 6.07 Å². The molecule has 0 unspecified atom stereocenters. The van der Waals surface area contributed by atoms with E-state index in [1.54, 1.807) is 11.3 Å². The van der Waals surface area contributed by atoms with Crippen LogP contribution in [0.1, 0.15) is 45.8 Å². The molecule has 1 saturated heterocycles.